The SMILES string of the molecule is CN1CCN(c2nc(=O)cc(C(C)(C)C)[nH]2)CC1. The number of anilines is 1. The van der Waals surface area contributed by atoms with E-state index < -0.39 is 0 Å². The summed E-state index contributed by atoms with van der Waals surface area (Å²) < 4.78 is 0. The lowest BCUT2D eigenvalue weighted by molar-refractivity contribution is 0.311. The molecule has 1 aliphatic rings. The number of aromatic amines is 1. The quantitative estimate of drug-likeness (QED) is 0.802. The molecule has 1 saturated heterocycles. The first-order valence-electron chi connectivity index (χ1n) is 6.41. The third kappa shape index (κ3) is 2.90. The van der Waals surface area contributed by atoms with Gasteiger partial charge in [-0.3, -0.25) is 4.79 Å². The zero-order valence-electron chi connectivity index (χ0n) is 11.7. The first-order valence-corrected chi connectivity index (χ1v) is 6.41. The number of piperazine rings is 1. The van der Waals surface area contributed by atoms with E-state index in [4.69, 9.17) is 0 Å². The van der Waals surface area contributed by atoms with E-state index in [1.54, 1.807) is 6.07 Å². The summed E-state index contributed by atoms with van der Waals surface area (Å²) in [6.45, 7) is 10.1. The summed E-state index contributed by atoms with van der Waals surface area (Å²) in [6.07, 6.45) is 0. The van der Waals surface area contributed by atoms with Crippen LogP contribution in [-0.4, -0.2) is 48.1 Å². The van der Waals surface area contributed by atoms with Gasteiger partial charge in [0.1, 0.15) is 0 Å². The lowest BCUT2D eigenvalue weighted by Gasteiger charge is -2.33. The molecule has 1 aromatic heterocycles. The molecule has 5 nitrogen and oxygen atoms in total. The van der Waals surface area contributed by atoms with Gasteiger partial charge in [0.2, 0.25) is 5.95 Å². The molecule has 1 aliphatic heterocycles. The lowest BCUT2D eigenvalue weighted by atomic mass is 9.92. The van der Waals surface area contributed by atoms with Crippen molar-refractivity contribution in [2.75, 3.05) is 38.1 Å². The maximum absolute atomic E-state index is 11.7. The maximum atomic E-state index is 11.7. The van der Waals surface area contributed by atoms with Gasteiger partial charge in [-0.1, -0.05) is 20.8 Å². The molecule has 0 saturated carbocycles. The van der Waals surface area contributed by atoms with Crippen LogP contribution in [0.3, 0.4) is 0 Å². The summed E-state index contributed by atoms with van der Waals surface area (Å²) in [4.78, 5) is 23.5. The maximum Gasteiger partial charge on any atom is 0.274 e. The second kappa shape index (κ2) is 4.72. The minimum absolute atomic E-state index is 0.0660. The number of nitrogens with zero attached hydrogens (tertiary/aromatic N) is 3. The first-order chi connectivity index (χ1) is 8.36. The minimum Gasteiger partial charge on any atom is -0.340 e. The van der Waals surface area contributed by atoms with E-state index in [1.807, 2.05) is 0 Å². The number of aromatic nitrogens is 2. The highest BCUT2D eigenvalue weighted by molar-refractivity contribution is 5.32. The third-order valence-electron chi connectivity index (χ3n) is 3.34. The van der Waals surface area contributed by atoms with Crippen LogP contribution in [0, 0.1) is 0 Å². The fraction of sp³-hybridized carbons (Fsp3) is 0.692. The van der Waals surface area contributed by atoms with Crippen LogP contribution in [0.25, 0.3) is 0 Å². The molecule has 0 amide bonds. The Bertz CT molecular complexity index is 467. The molecule has 0 spiro atoms. The minimum atomic E-state index is -0.160. The van der Waals surface area contributed by atoms with Crippen LogP contribution in [0.2, 0.25) is 0 Å². The van der Waals surface area contributed by atoms with E-state index in [1.165, 1.54) is 0 Å². The van der Waals surface area contributed by atoms with Gasteiger partial charge in [0.05, 0.1) is 0 Å². The molecule has 1 aromatic rings. The lowest BCUT2D eigenvalue weighted by Crippen LogP contribution is -2.45. The average molecular weight is 250 g/mol. The number of H-pyrrole nitrogens is 1. The summed E-state index contributed by atoms with van der Waals surface area (Å²) in [6, 6.07) is 1.60. The van der Waals surface area contributed by atoms with Crippen molar-refractivity contribution in [2.24, 2.45) is 0 Å². The molecule has 1 fully saturated rings. The van der Waals surface area contributed by atoms with Gasteiger partial charge in [-0.05, 0) is 7.05 Å². The molecule has 1 N–H and O–H groups in total. The molecular weight excluding hydrogens is 228 g/mol. The van der Waals surface area contributed by atoms with Crippen LogP contribution in [0.5, 0.6) is 0 Å². The molecule has 0 bridgehead atoms. The van der Waals surface area contributed by atoms with E-state index in [0.29, 0.717) is 5.95 Å². The standard InChI is InChI=1S/C13H22N4O/c1-13(2,3)10-9-11(18)15-12(14-10)17-7-5-16(4)6-8-17/h9H,5-8H2,1-4H3,(H,14,15,18). The topological polar surface area (TPSA) is 52.2 Å². The largest absolute Gasteiger partial charge is 0.340 e. The average Bonchev–Trinajstić information content (AvgIpc) is 2.28. The summed E-state index contributed by atoms with van der Waals surface area (Å²) in [5.74, 6) is 0.709. The Kier molecular flexibility index (Phi) is 3.43. The summed E-state index contributed by atoms with van der Waals surface area (Å²) in [7, 11) is 2.11. The number of likely N-dealkylation sites (N-methyl/N-ethyl adjacent to an activating group) is 1. The summed E-state index contributed by atoms with van der Waals surface area (Å²) in [5.41, 5.74) is 0.715. The molecule has 100 valence electrons. The van der Waals surface area contributed by atoms with Crippen molar-refractivity contribution in [3.8, 4) is 0 Å². The van der Waals surface area contributed by atoms with Crippen LogP contribution in [0.4, 0.5) is 5.95 Å². The van der Waals surface area contributed by atoms with Gasteiger partial charge in [-0.2, -0.15) is 4.98 Å². The Morgan fingerprint density at radius 2 is 1.83 bits per heavy atom. The molecule has 18 heavy (non-hydrogen) atoms. The van der Waals surface area contributed by atoms with E-state index in [9.17, 15) is 4.79 Å². The highest BCUT2D eigenvalue weighted by Gasteiger charge is 2.20. The third-order valence-corrected chi connectivity index (χ3v) is 3.34. The zero-order chi connectivity index (χ0) is 13.3. The fourth-order valence-electron chi connectivity index (χ4n) is 2.02. The zero-order valence-corrected chi connectivity index (χ0v) is 11.7. The predicted molar refractivity (Wildman–Crippen MR) is 73.3 cm³/mol. The molecule has 5 heteroatoms. The number of hydrogen-bond donors (Lipinski definition) is 1. The van der Waals surface area contributed by atoms with Crippen LogP contribution >= 0.6 is 0 Å². The number of nitrogens with one attached hydrogen (secondary N) is 1. The van der Waals surface area contributed by atoms with Crippen molar-refractivity contribution in [1.29, 1.82) is 0 Å². The van der Waals surface area contributed by atoms with Crippen molar-refractivity contribution in [2.45, 2.75) is 26.2 Å². The van der Waals surface area contributed by atoms with E-state index >= 15 is 0 Å². The Morgan fingerprint density at radius 3 is 2.39 bits per heavy atom. The van der Waals surface area contributed by atoms with Crippen LogP contribution < -0.4 is 10.5 Å². The second-order valence-electron chi connectivity index (χ2n) is 6.00. The molecule has 0 radical (unpaired) electrons. The Morgan fingerprint density at radius 1 is 1.22 bits per heavy atom. The van der Waals surface area contributed by atoms with Gasteiger partial charge in [0.15, 0.2) is 0 Å². The Labute approximate surface area is 108 Å². The highest BCUT2D eigenvalue weighted by Crippen LogP contribution is 2.20. The summed E-state index contributed by atoms with van der Waals surface area (Å²) in [5, 5.41) is 0. The molecule has 0 unspecified atom stereocenters. The summed E-state index contributed by atoms with van der Waals surface area (Å²) >= 11 is 0. The van der Waals surface area contributed by atoms with Gasteiger partial charge >= 0.3 is 0 Å². The molecule has 0 aromatic carbocycles. The van der Waals surface area contributed by atoms with Crippen molar-refractivity contribution < 1.29 is 0 Å². The van der Waals surface area contributed by atoms with Crippen LogP contribution in [-0.2, 0) is 5.41 Å². The van der Waals surface area contributed by atoms with Crippen molar-refractivity contribution in [1.82, 2.24) is 14.9 Å². The fourth-order valence-corrected chi connectivity index (χ4v) is 2.02. The Hall–Kier alpha value is -1.36. The molecule has 2 rings (SSSR count). The predicted octanol–water partition coefficient (Wildman–Crippen LogP) is 0.819. The van der Waals surface area contributed by atoms with Gasteiger partial charge in [-0.25, -0.2) is 0 Å². The number of hydrogen-bond acceptors (Lipinski definition) is 4. The Balaban J connectivity index is 2.28. The van der Waals surface area contributed by atoms with E-state index in [2.05, 4.69) is 47.6 Å². The van der Waals surface area contributed by atoms with Gasteiger partial charge in [0, 0.05) is 43.4 Å². The molecule has 0 atom stereocenters. The molecule has 2 heterocycles. The van der Waals surface area contributed by atoms with Crippen molar-refractivity contribution >= 4 is 5.95 Å². The molecule has 0 aliphatic carbocycles. The van der Waals surface area contributed by atoms with E-state index in [0.717, 1.165) is 31.9 Å². The van der Waals surface area contributed by atoms with Crippen molar-refractivity contribution in [3.05, 3.63) is 22.1 Å². The van der Waals surface area contributed by atoms with Crippen molar-refractivity contribution in [3.63, 3.8) is 0 Å². The molecular formula is C13H22N4O. The first kappa shape index (κ1) is 13.1. The normalized spacial score (nSPS) is 18.1. The van der Waals surface area contributed by atoms with Gasteiger partial charge < -0.3 is 14.8 Å². The van der Waals surface area contributed by atoms with E-state index in [-0.39, 0.29) is 11.0 Å². The smallest absolute Gasteiger partial charge is 0.274 e. The van der Waals surface area contributed by atoms with Gasteiger partial charge in [-0.15, -0.1) is 0 Å². The number of rotatable bonds is 1. The second-order valence-corrected chi connectivity index (χ2v) is 6.00. The van der Waals surface area contributed by atoms with Gasteiger partial charge in [0.25, 0.3) is 5.56 Å². The van der Waals surface area contributed by atoms with Crippen LogP contribution in [0.15, 0.2) is 10.9 Å². The van der Waals surface area contributed by atoms with Crippen LogP contribution in [0.1, 0.15) is 26.5 Å². The monoisotopic (exact) mass is 250 g/mol. The highest BCUT2D eigenvalue weighted by atomic mass is 16.1.